The largest absolute Gasteiger partial charge is 0.383 e. The standard InChI is InChI=1S/C28H25N7O2/c1-34-16-23(15-32-34)22-12-25(26(30)31-14-22)27(36)33-24-10-11-35(17-24)28(37)21-8-6-20(7-9-21)19-4-2-18(13-29)3-5-19/h2-9,12,14-16,24H,10-11,17H2,1H3,(H2,30,31)(H,33,36)/t24-/m1/s1. The van der Waals surface area contributed by atoms with Gasteiger partial charge in [-0.1, -0.05) is 24.3 Å². The van der Waals surface area contributed by atoms with Gasteiger partial charge in [0.15, 0.2) is 0 Å². The van der Waals surface area contributed by atoms with Gasteiger partial charge in [-0.05, 0) is 47.9 Å². The highest BCUT2D eigenvalue weighted by molar-refractivity contribution is 6.00. The van der Waals surface area contributed by atoms with Crippen molar-refractivity contribution in [3.8, 4) is 28.3 Å². The van der Waals surface area contributed by atoms with E-state index in [4.69, 9.17) is 11.0 Å². The molecule has 0 spiro atoms. The number of nitrogen functional groups attached to an aromatic ring is 1. The molecule has 5 rings (SSSR count). The number of carbonyl (C=O) groups is 2. The summed E-state index contributed by atoms with van der Waals surface area (Å²) in [5.41, 5.74) is 11.0. The number of likely N-dealkylation sites (tertiary alicyclic amines) is 1. The van der Waals surface area contributed by atoms with Crippen LogP contribution in [0.25, 0.3) is 22.3 Å². The summed E-state index contributed by atoms with van der Waals surface area (Å²) in [5.74, 6) is -0.247. The Labute approximate surface area is 214 Å². The fraction of sp³-hybridized carbons (Fsp3) is 0.179. The van der Waals surface area contributed by atoms with Gasteiger partial charge in [-0.15, -0.1) is 0 Å². The maximum atomic E-state index is 13.1. The van der Waals surface area contributed by atoms with Crippen LogP contribution in [-0.4, -0.2) is 50.6 Å². The number of nitrogens with one attached hydrogen (secondary N) is 1. The van der Waals surface area contributed by atoms with Crippen LogP contribution in [0.5, 0.6) is 0 Å². The van der Waals surface area contributed by atoms with Gasteiger partial charge < -0.3 is 16.0 Å². The minimum absolute atomic E-state index is 0.0807. The molecule has 9 heteroatoms. The number of nitriles is 1. The van der Waals surface area contributed by atoms with Crippen molar-refractivity contribution in [1.29, 1.82) is 5.26 Å². The van der Waals surface area contributed by atoms with Gasteiger partial charge in [-0.25, -0.2) is 4.98 Å². The zero-order chi connectivity index (χ0) is 25.9. The summed E-state index contributed by atoms with van der Waals surface area (Å²) in [6, 6.07) is 18.4. The lowest BCUT2D eigenvalue weighted by Crippen LogP contribution is -2.38. The maximum absolute atomic E-state index is 13.1. The highest BCUT2D eigenvalue weighted by atomic mass is 16.2. The molecule has 3 N–H and O–H groups in total. The van der Waals surface area contributed by atoms with Crippen molar-refractivity contribution in [2.24, 2.45) is 7.05 Å². The fourth-order valence-corrected chi connectivity index (χ4v) is 4.44. The predicted octanol–water partition coefficient (Wildman–Crippen LogP) is 3.25. The van der Waals surface area contributed by atoms with Crippen molar-refractivity contribution < 1.29 is 9.59 Å². The van der Waals surface area contributed by atoms with Gasteiger partial charge in [-0.3, -0.25) is 14.3 Å². The van der Waals surface area contributed by atoms with Gasteiger partial charge in [-0.2, -0.15) is 10.4 Å². The molecule has 2 amide bonds. The Hall–Kier alpha value is -4.97. The van der Waals surface area contributed by atoms with E-state index in [-0.39, 0.29) is 23.7 Å². The average Bonchev–Trinajstić information content (AvgIpc) is 3.58. The SMILES string of the molecule is Cn1cc(-c2cnc(N)c(C(=O)N[C@@H]3CCN(C(=O)c4ccc(-c5ccc(C#N)cc5)cc4)C3)c2)cn1. The summed E-state index contributed by atoms with van der Waals surface area (Å²) in [5, 5.41) is 16.1. The van der Waals surface area contributed by atoms with Crippen molar-refractivity contribution in [1.82, 2.24) is 25.0 Å². The summed E-state index contributed by atoms with van der Waals surface area (Å²) in [6.45, 7) is 0.961. The molecule has 0 saturated carbocycles. The first-order valence-corrected chi connectivity index (χ1v) is 11.9. The topological polar surface area (TPSA) is 130 Å². The summed E-state index contributed by atoms with van der Waals surface area (Å²) < 4.78 is 1.68. The molecule has 1 saturated heterocycles. The molecule has 1 aliphatic rings. The van der Waals surface area contributed by atoms with E-state index in [1.54, 1.807) is 52.3 Å². The molecule has 37 heavy (non-hydrogen) atoms. The second kappa shape index (κ2) is 9.95. The number of aryl methyl sites for hydroxylation is 1. The Balaban J connectivity index is 1.22. The molecule has 184 valence electrons. The second-order valence-electron chi connectivity index (χ2n) is 9.04. The van der Waals surface area contributed by atoms with E-state index in [1.807, 2.05) is 37.5 Å². The number of anilines is 1. The zero-order valence-electron chi connectivity index (χ0n) is 20.3. The summed E-state index contributed by atoms with van der Waals surface area (Å²) >= 11 is 0. The van der Waals surface area contributed by atoms with Crippen LogP contribution >= 0.6 is 0 Å². The lowest BCUT2D eigenvalue weighted by atomic mass is 10.0. The maximum Gasteiger partial charge on any atom is 0.255 e. The van der Waals surface area contributed by atoms with E-state index in [9.17, 15) is 9.59 Å². The van der Waals surface area contributed by atoms with Crippen LogP contribution in [0.4, 0.5) is 5.82 Å². The third-order valence-electron chi connectivity index (χ3n) is 6.49. The van der Waals surface area contributed by atoms with Crippen molar-refractivity contribution in [3.63, 3.8) is 0 Å². The lowest BCUT2D eigenvalue weighted by Gasteiger charge is -2.18. The van der Waals surface area contributed by atoms with Gasteiger partial charge in [0, 0.05) is 55.3 Å². The third kappa shape index (κ3) is 5.04. The van der Waals surface area contributed by atoms with Gasteiger partial charge in [0.05, 0.1) is 23.4 Å². The molecule has 0 radical (unpaired) electrons. The Kier molecular flexibility index (Phi) is 6.39. The number of rotatable bonds is 5. The van der Waals surface area contributed by atoms with E-state index >= 15 is 0 Å². The van der Waals surface area contributed by atoms with Crippen LogP contribution in [0.2, 0.25) is 0 Å². The average molecular weight is 492 g/mol. The molecule has 2 aromatic heterocycles. The molecule has 2 aromatic carbocycles. The molecule has 9 nitrogen and oxygen atoms in total. The van der Waals surface area contributed by atoms with Crippen molar-refractivity contribution in [2.45, 2.75) is 12.5 Å². The zero-order valence-corrected chi connectivity index (χ0v) is 20.3. The predicted molar refractivity (Wildman–Crippen MR) is 139 cm³/mol. The summed E-state index contributed by atoms with van der Waals surface area (Å²) in [6.07, 6.45) is 5.81. The Morgan fingerprint density at radius 1 is 1.03 bits per heavy atom. The molecule has 0 unspecified atom stereocenters. The van der Waals surface area contributed by atoms with E-state index in [2.05, 4.69) is 21.5 Å². The number of benzene rings is 2. The Morgan fingerprint density at radius 2 is 1.73 bits per heavy atom. The van der Waals surface area contributed by atoms with Gasteiger partial charge in [0.1, 0.15) is 5.82 Å². The quantitative estimate of drug-likeness (QED) is 0.441. The number of hydrogen-bond donors (Lipinski definition) is 2. The first-order valence-electron chi connectivity index (χ1n) is 11.9. The first kappa shape index (κ1) is 23.8. The van der Waals surface area contributed by atoms with E-state index < -0.39 is 0 Å². The van der Waals surface area contributed by atoms with Crippen LogP contribution < -0.4 is 11.1 Å². The molecule has 0 aliphatic carbocycles. The van der Waals surface area contributed by atoms with E-state index in [1.165, 1.54) is 0 Å². The molecule has 0 bridgehead atoms. The van der Waals surface area contributed by atoms with Gasteiger partial charge >= 0.3 is 0 Å². The Bertz CT molecular complexity index is 1500. The fourth-order valence-electron chi connectivity index (χ4n) is 4.44. The second-order valence-corrected chi connectivity index (χ2v) is 9.04. The van der Waals surface area contributed by atoms with Crippen LogP contribution in [0.15, 0.2) is 73.2 Å². The lowest BCUT2D eigenvalue weighted by molar-refractivity contribution is 0.0783. The minimum Gasteiger partial charge on any atom is -0.383 e. The molecule has 1 fully saturated rings. The minimum atomic E-state index is -0.318. The summed E-state index contributed by atoms with van der Waals surface area (Å²) in [4.78, 5) is 32.0. The number of nitrogens with two attached hydrogens (primary N) is 1. The smallest absolute Gasteiger partial charge is 0.255 e. The molecular weight excluding hydrogens is 466 g/mol. The third-order valence-corrected chi connectivity index (χ3v) is 6.49. The van der Waals surface area contributed by atoms with Crippen LogP contribution in [0.3, 0.4) is 0 Å². The van der Waals surface area contributed by atoms with Crippen LogP contribution in [0.1, 0.15) is 32.7 Å². The first-order chi connectivity index (χ1) is 17.9. The normalized spacial score (nSPS) is 14.8. The van der Waals surface area contributed by atoms with E-state index in [0.717, 1.165) is 22.3 Å². The van der Waals surface area contributed by atoms with Crippen molar-refractivity contribution >= 4 is 17.6 Å². The highest BCUT2D eigenvalue weighted by Gasteiger charge is 2.29. The molecule has 1 atom stereocenters. The molecule has 3 heterocycles. The summed E-state index contributed by atoms with van der Waals surface area (Å²) in [7, 11) is 1.82. The molecule has 4 aromatic rings. The Morgan fingerprint density at radius 3 is 2.38 bits per heavy atom. The number of pyridine rings is 1. The van der Waals surface area contributed by atoms with Gasteiger partial charge in [0.2, 0.25) is 0 Å². The number of nitrogens with zero attached hydrogens (tertiary/aromatic N) is 5. The number of carbonyl (C=O) groups excluding carboxylic acids is 2. The van der Waals surface area contributed by atoms with Gasteiger partial charge in [0.25, 0.3) is 11.8 Å². The van der Waals surface area contributed by atoms with Crippen molar-refractivity contribution in [2.75, 3.05) is 18.8 Å². The number of aromatic nitrogens is 3. The number of amides is 2. The van der Waals surface area contributed by atoms with Crippen molar-refractivity contribution in [3.05, 3.63) is 89.9 Å². The van der Waals surface area contributed by atoms with Crippen LogP contribution in [0, 0.1) is 11.3 Å². The monoisotopic (exact) mass is 491 g/mol. The van der Waals surface area contributed by atoms with E-state index in [0.29, 0.717) is 36.2 Å². The molecular formula is C28H25N7O2. The van der Waals surface area contributed by atoms with Crippen LogP contribution in [-0.2, 0) is 7.05 Å². The highest BCUT2D eigenvalue weighted by Crippen LogP contribution is 2.23. The molecule has 1 aliphatic heterocycles. The number of hydrogen-bond acceptors (Lipinski definition) is 6.